The number of nitrogens with zero attached hydrogens (tertiary/aromatic N) is 2. The van der Waals surface area contributed by atoms with Crippen LogP contribution in [0.2, 0.25) is 0 Å². The Hall–Kier alpha value is -1.79. The van der Waals surface area contributed by atoms with Crippen molar-refractivity contribution in [3.05, 3.63) is 23.8 Å². The molecule has 1 aromatic carbocycles. The minimum absolute atomic E-state index is 0.119. The van der Waals surface area contributed by atoms with Gasteiger partial charge in [-0.2, -0.15) is 0 Å². The van der Waals surface area contributed by atoms with Crippen LogP contribution in [0, 0.1) is 5.41 Å². The van der Waals surface area contributed by atoms with Crippen LogP contribution in [0.4, 0.5) is 5.69 Å². The fraction of sp³-hybridized carbons (Fsp3) is 0.650. The lowest BCUT2D eigenvalue weighted by Crippen LogP contribution is -2.46. The van der Waals surface area contributed by atoms with Gasteiger partial charge in [-0.3, -0.25) is 4.79 Å². The molecule has 6 heteroatoms. The third-order valence-electron chi connectivity index (χ3n) is 5.91. The van der Waals surface area contributed by atoms with Crippen molar-refractivity contribution in [3.8, 4) is 5.75 Å². The van der Waals surface area contributed by atoms with E-state index in [2.05, 4.69) is 4.90 Å². The van der Waals surface area contributed by atoms with Gasteiger partial charge in [-0.15, -0.1) is 0 Å². The molecule has 6 nitrogen and oxygen atoms in total. The number of anilines is 1. The molecule has 4 rings (SSSR count). The maximum absolute atomic E-state index is 13.2. The van der Waals surface area contributed by atoms with Crippen LogP contribution in [0.5, 0.6) is 5.75 Å². The van der Waals surface area contributed by atoms with E-state index >= 15 is 0 Å². The van der Waals surface area contributed by atoms with E-state index in [0.717, 1.165) is 69.2 Å². The first kappa shape index (κ1) is 17.6. The summed E-state index contributed by atoms with van der Waals surface area (Å²) in [5.41, 5.74) is 1.90. The van der Waals surface area contributed by atoms with Crippen molar-refractivity contribution < 1.29 is 19.0 Å². The second-order valence-electron chi connectivity index (χ2n) is 7.62. The van der Waals surface area contributed by atoms with Gasteiger partial charge >= 0.3 is 0 Å². The molecular formula is C20H28N2O4. The summed E-state index contributed by atoms with van der Waals surface area (Å²) in [7, 11) is 1.68. The molecule has 1 atom stereocenters. The molecule has 0 aliphatic carbocycles. The lowest BCUT2D eigenvalue weighted by atomic mass is 9.79. The van der Waals surface area contributed by atoms with E-state index < -0.39 is 0 Å². The number of benzene rings is 1. The summed E-state index contributed by atoms with van der Waals surface area (Å²) in [5.74, 6) is 0.927. The lowest BCUT2D eigenvalue weighted by Gasteiger charge is -2.39. The number of morpholine rings is 1. The minimum atomic E-state index is 0.119. The monoisotopic (exact) mass is 360 g/mol. The van der Waals surface area contributed by atoms with Crippen molar-refractivity contribution in [2.24, 2.45) is 5.41 Å². The van der Waals surface area contributed by atoms with Crippen LogP contribution in [-0.2, 0) is 9.47 Å². The highest BCUT2D eigenvalue weighted by Crippen LogP contribution is 2.38. The molecule has 0 saturated carbocycles. The van der Waals surface area contributed by atoms with Crippen LogP contribution in [0.1, 0.15) is 29.6 Å². The lowest BCUT2D eigenvalue weighted by molar-refractivity contribution is 0.0462. The molecule has 1 amide bonds. The molecular weight excluding hydrogens is 332 g/mol. The molecule has 142 valence electrons. The number of amides is 1. The topological polar surface area (TPSA) is 51.2 Å². The van der Waals surface area contributed by atoms with Crippen LogP contribution in [0.15, 0.2) is 18.2 Å². The predicted molar refractivity (Wildman–Crippen MR) is 99.0 cm³/mol. The molecule has 3 heterocycles. The van der Waals surface area contributed by atoms with Crippen LogP contribution in [0.25, 0.3) is 0 Å². The maximum Gasteiger partial charge on any atom is 0.253 e. The fourth-order valence-electron chi connectivity index (χ4n) is 4.41. The number of methoxy groups -OCH3 is 1. The Morgan fingerprint density at radius 1 is 1.12 bits per heavy atom. The number of ether oxygens (including phenoxy) is 3. The molecule has 3 aliphatic heterocycles. The molecule has 1 aromatic rings. The zero-order chi connectivity index (χ0) is 18.0. The quantitative estimate of drug-likeness (QED) is 0.827. The number of rotatable bonds is 3. The van der Waals surface area contributed by atoms with Gasteiger partial charge in [-0.1, -0.05) is 0 Å². The largest absolute Gasteiger partial charge is 0.495 e. The molecule has 0 aromatic heterocycles. The summed E-state index contributed by atoms with van der Waals surface area (Å²) in [6.45, 7) is 6.30. The van der Waals surface area contributed by atoms with Crippen LogP contribution in [0.3, 0.4) is 0 Å². The van der Waals surface area contributed by atoms with Crippen LogP contribution < -0.4 is 9.64 Å². The molecule has 3 aliphatic rings. The molecule has 0 radical (unpaired) electrons. The molecule has 26 heavy (non-hydrogen) atoms. The first-order valence-corrected chi connectivity index (χ1v) is 9.59. The third-order valence-corrected chi connectivity index (χ3v) is 5.91. The summed E-state index contributed by atoms with van der Waals surface area (Å²) in [6.07, 6.45) is 3.29. The normalized spacial score (nSPS) is 26.3. The highest BCUT2D eigenvalue weighted by atomic mass is 16.5. The summed E-state index contributed by atoms with van der Waals surface area (Å²) in [4.78, 5) is 17.4. The summed E-state index contributed by atoms with van der Waals surface area (Å²) < 4.78 is 16.6. The number of carbonyl (C=O) groups is 1. The van der Waals surface area contributed by atoms with E-state index in [1.807, 2.05) is 23.1 Å². The highest BCUT2D eigenvalue weighted by molar-refractivity contribution is 5.95. The van der Waals surface area contributed by atoms with Gasteiger partial charge in [0, 0.05) is 43.8 Å². The van der Waals surface area contributed by atoms with Crippen molar-refractivity contribution in [2.75, 3.05) is 64.6 Å². The third kappa shape index (κ3) is 3.40. The van der Waals surface area contributed by atoms with Gasteiger partial charge in [0.2, 0.25) is 0 Å². The number of likely N-dealkylation sites (tertiary alicyclic amines) is 1. The Morgan fingerprint density at radius 3 is 2.69 bits per heavy atom. The standard InChI is InChI=1S/C20H28N2O4/c1-24-18-4-3-16(13-17(18)21-8-11-25-12-9-21)19(23)22-7-2-5-20(14-22)6-10-26-15-20/h3-4,13H,2,5-12,14-15H2,1H3. The summed E-state index contributed by atoms with van der Waals surface area (Å²) in [5, 5.41) is 0. The van der Waals surface area contributed by atoms with Crippen molar-refractivity contribution in [1.29, 1.82) is 0 Å². The second-order valence-corrected chi connectivity index (χ2v) is 7.62. The van der Waals surface area contributed by atoms with Gasteiger partial charge in [0.25, 0.3) is 5.91 Å². The fourth-order valence-corrected chi connectivity index (χ4v) is 4.41. The molecule has 0 bridgehead atoms. The Labute approximate surface area is 155 Å². The Balaban J connectivity index is 1.55. The zero-order valence-corrected chi connectivity index (χ0v) is 15.5. The summed E-state index contributed by atoms with van der Waals surface area (Å²) >= 11 is 0. The summed E-state index contributed by atoms with van der Waals surface area (Å²) in [6, 6.07) is 5.78. The molecule has 1 unspecified atom stereocenters. The smallest absolute Gasteiger partial charge is 0.253 e. The van der Waals surface area contributed by atoms with E-state index in [0.29, 0.717) is 13.2 Å². The van der Waals surface area contributed by atoms with Gasteiger partial charge in [0.15, 0.2) is 0 Å². The SMILES string of the molecule is COc1ccc(C(=O)N2CCCC3(CCOC3)C2)cc1N1CCOCC1. The Bertz CT molecular complexity index is 651. The van der Waals surface area contributed by atoms with Gasteiger partial charge in [-0.05, 0) is 37.5 Å². The molecule has 3 saturated heterocycles. The van der Waals surface area contributed by atoms with Crippen molar-refractivity contribution in [2.45, 2.75) is 19.3 Å². The maximum atomic E-state index is 13.2. The van der Waals surface area contributed by atoms with Crippen LogP contribution in [-0.4, -0.2) is 70.5 Å². The Kier molecular flexibility index (Phi) is 5.05. The zero-order valence-electron chi connectivity index (χ0n) is 15.5. The van der Waals surface area contributed by atoms with Gasteiger partial charge < -0.3 is 24.0 Å². The van der Waals surface area contributed by atoms with Crippen molar-refractivity contribution >= 4 is 11.6 Å². The van der Waals surface area contributed by atoms with E-state index in [-0.39, 0.29) is 11.3 Å². The van der Waals surface area contributed by atoms with Gasteiger partial charge in [0.05, 0.1) is 32.6 Å². The first-order valence-electron chi connectivity index (χ1n) is 9.59. The molecule has 0 N–H and O–H groups in total. The van der Waals surface area contributed by atoms with E-state index in [1.54, 1.807) is 7.11 Å². The second kappa shape index (κ2) is 7.45. The van der Waals surface area contributed by atoms with Crippen molar-refractivity contribution in [1.82, 2.24) is 4.90 Å². The average Bonchev–Trinajstić information content (AvgIpc) is 3.15. The van der Waals surface area contributed by atoms with Gasteiger partial charge in [0.1, 0.15) is 5.75 Å². The molecule has 1 spiro atoms. The number of hydrogen-bond acceptors (Lipinski definition) is 5. The predicted octanol–water partition coefficient (Wildman–Crippen LogP) is 2.17. The van der Waals surface area contributed by atoms with E-state index in [9.17, 15) is 4.79 Å². The molecule has 3 fully saturated rings. The van der Waals surface area contributed by atoms with Gasteiger partial charge in [-0.25, -0.2) is 0 Å². The number of carbonyl (C=O) groups excluding carboxylic acids is 1. The van der Waals surface area contributed by atoms with E-state index in [4.69, 9.17) is 14.2 Å². The minimum Gasteiger partial charge on any atom is -0.495 e. The van der Waals surface area contributed by atoms with Crippen LogP contribution >= 0.6 is 0 Å². The highest BCUT2D eigenvalue weighted by Gasteiger charge is 2.40. The van der Waals surface area contributed by atoms with E-state index in [1.165, 1.54) is 6.42 Å². The Morgan fingerprint density at radius 2 is 1.96 bits per heavy atom. The first-order chi connectivity index (χ1) is 12.7. The van der Waals surface area contributed by atoms with Crippen molar-refractivity contribution in [3.63, 3.8) is 0 Å². The number of hydrogen-bond donors (Lipinski definition) is 0. The number of piperidine rings is 1. The average molecular weight is 360 g/mol.